The molecule has 0 aromatic carbocycles. The van der Waals surface area contributed by atoms with Gasteiger partial charge in [-0.05, 0) is 31.9 Å². The molecular formula is C16H24N2O3. The number of furan rings is 1. The molecule has 0 fully saturated rings. The van der Waals surface area contributed by atoms with Crippen molar-refractivity contribution < 1.29 is 14.0 Å². The normalized spacial score (nSPS) is 12.0. The van der Waals surface area contributed by atoms with Gasteiger partial charge in [0.05, 0.1) is 6.26 Å². The molecule has 0 radical (unpaired) electrons. The van der Waals surface area contributed by atoms with Crippen molar-refractivity contribution in [2.45, 2.75) is 33.7 Å². The minimum absolute atomic E-state index is 0.0180. The lowest BCUT2D eigenvalue weighted by Gasteiger charge is -2.29. The summed E-state index contributed by atoms with van der Waals surface area (Å²) in [5.74, 6) is -0.291. The highest BCUT2D eigenvalue weighted by Gasteiger charge is 2.28. The van der Waals surface area contributed by atoms with Crippen molar-refractivity contribution in [3.8, 4) is 0 Å². The van der Waals surface area contributed by atoms with Crippen molar-refractivity contribution in [1.82, 2.24) is 10.2 Å². The highest BCUT2D eigenvalue weighted by atomic mass is 16.3. The van der Waals surface area contributed by atoms with E-state index in [1.54, 1.807) is 17.0 Å². The number of nitrogens with one attached hydrogen (secondary N) is 1. The van der Waals surface area contributed by atoms with Crippen LogP contribution in [0.3, 0.4) is 0 Å². The van der Waals surface area contributed by atoms with E-state index in [4.69, 9.17) is 4.42 Å². The van der Waals surface area contributed by atoms with Gasteiger partial charge in [-0.15, -0.1) is 0 Å². The third kappa shape index (κ3) is 4.77. The van der Waals surface area contributed by atoms with Crippen LogP contribution < -0.4 is 5.32 Å². The van der Waals surface area contributed by atoms with Gasteiger partial charge in [0, 0.05) is 13.1 Å². The Morgan fingerprint density at radius 3 is 2.52 bits per heavy atom. The van der Waals surface area contributed by atoms with Gasteiger partial charge in [-0.2, -0.15) is 0 Å². The first kappa shape index (κ1) is 17.0. The minimum Gasteiger partial charge on any atom is -0.459 e. The van der Waals surface area contributed by atoms with Crippen LogP contribution in [0.5, 0.6) is 0 Å². The summed E-state index contributed by atoms with van der Waals surface area (Å²) in [5, 5.41) is 2.75. The Balaban J connectivity index is 2.83. The van der Waals surface area contributed by atoms with Crippen molar-refractivity contribution >= 4 is 11.8 Å². The molecule has 0 aliphatic heterocycles. The van der Waals surface area contributed by atoms with Gasteiger partial charge in [0.1, 0.15) is 6.04 Å². The second-order valence-corrected chi connectivity index (χ2v) is 5.48. The van der Waals surface area contributed by atoms with Crippen molar-refractivity contribution in [3.05, 3.63) is 36.3 Å². The molecule has 0 spiro atoms. The topological polar surface area (TPSA) is 62.6 Å². The lowest BCUT2D eigenvalue weighted by atomic mass is 10.0. The van der Waals surface area contributed by atoms with Crippen molar-refractivity contribution in [2.75, 3.05) is 13.1 Å². The zero-order valence-electron chi connectivity index (χ0n) is 13.2. The smallest absolute Gasteiger partial charge is 0.287 e. The van der Waals surface area contributed by atoms with E-state index in [-0.39, 0.29) is 23.5 Å². The fourth-order valence-corrected chi connectivity index (χ4v) is 2.00. The highest BCUT2D eigenvalue weighted by molar-refractivity contribution is 5.95. The number of nitrogens with zero attached hydrogens (tertiary/aromatic N) is 1. The maximum absolute atomic E-state index is 12.6. The van der Waals surface area contributed by atoms with E-state index < -0.39 is 6.04 Å². The Kier molecular flexibility index (Phi) is 6.21. The average Bonchev–Trinajstić information content (AvgIpc) is 2.94. The van der Waals surface area contributed by atoms with E-state index in [1.807, 2.05) is 27.7 Å². The molecule has 0 bridgehead atoms. The van der Waals surface area contributed by atoms with Crippen LogP contribution in [0.4, 0.5) is 0 Å². The summed E-state index contributed by atoms with van der Waals surface area (Å²) in [6, 6.07) is 2.63. The monoisotopic (exact) mass is 292 g/mol. The highest BCUT2D eigenvalue weighted by Crippen LogP contribution is 2.10. The summed E-state index contributed by atoms with van der Waals surface area (Å²) in [6.07, 6.45) is 1.43. The molecule has 1 aromatic rings. The number of carbonyl (C=O) groups is 2. The van der Waals surface area contributed by atoms with Gasteiger partial charge in [0.2, 0.25) is 5.91 Å². The largest absolute Gasteiger partial charge is 0.459 e. The molecule has 0 aliphatic rings. The standard InChI is InChI=1S/C16H24N2O3/c1-6-18(10-11(2)3)16(20)14(12(4)5)17-15(19)13-8-7-9-21-13/h7-9,12,14H,2,6,10H2,1,3-5H3,(H,17,19). The van der Waals surface area contributed by atoms with Crippen LogP contribution in [-0.2, 0) is 4.79 Å². The second kappa shape index (κ2) is 7.67. The zero-order valence-corrected chi connectivity index (χ0v) is 13.2. The van der Waals surface area contributed by atoms with Crippen molar-refractivity contribution in [1.29, 1.82) is 0 Å². The lowest BCUT2D eigenvalue weighted by molar-refractivity contribution is -0.133. The number of amides is 2. The molecule has 0 saturated heterocycles. The van der Waals surface area contributed by atoms with Gasteiger partial charge < -0.3 is 14.6 Å². The zero-order chi connectivity index (χ0) is 16.0. The molecule has 21 heavy (non-hydrogen) atoms. The second-order valence-electron chi connectivity index (χ2n) is 5.48. The fraction of sp³-hybridized carbons (Fsp3) is 0.500. The molecule has 5 nitrogen and oxygen atoms in total. The SMILES string of the molecule is C=C(C)CN(CC)C(=O)C(NC(=O)c1ccco1)C(C)C. The molecule has 1 N–H and O–H groups in total. The Morgan fingerprint density at radius 2 is 2.10 bits per heavy atom. The third-order valence-corrected chi connectivity index (χ3v) is 3.12. The van der Waals surface area contributed by atoms with E-state index in [0.29, 0.717) is 13.1 Å². The summed E-state index contributed by atoms with van der Waals surface area (Å²) in [4.78, 5) is 26.4. The number of rotatable bonds is 7. The van der Waals surface area contributed by atoms with Crippen LogP contribution in [0.15, 0.2) is 35.0 Å². The molecule has 0 saturated carbocycles. The summed E-state index contributed by atoms with van der Waals surface area (Å²) in [7, 11) is 0. The van der Waals surface area contributed by atoms with E-state index in [2.05, 4.69) is 11.9 Å². The van der Waals surface area contributed by atoms with Crippen LogP contribution >= 0.6 is 0 Å². The molecule has 1 unspecified atom stereocenters. The number of likely N-dealkylation sites (N-methyl/N-ethyl adjacent to an activating group) is 1. The van der Waals surface area contributed by atoms with Gasteiger partial charge in [-0.25, -0.2) is 0 Å². The Bertz CT molecular complexity index is 492. The summed E-state index contributed by atoms with van der Waals surface area (Å²) in [6.45, 7) is 12.5. The molecule has 1 aromatic heterocycles. The summed E-state index contributed by atoms with van der Waals surface area (Å²) in [5.41, 5.74) is 0.907. The summed E-state index contributed by atoms with van der Waals surface area (Å²) < 4.78 is 5.06. The first-order chi connectivity index (χ1) is 9.86. The van der Waals surface area contributed by atoms with Gasteiger partial charge in [-0.3, -0.25) is 9.59 Å². The van der Waals surface area contributed by atoms with E-state index in [9.17, 15) is 9.59 Å². The Labute approximate surface area is 126 Å². The van der Waals surface area contributed by atoms with Crippen LogP contribution in [0.1, 0.15) is 38.2 Å². The van der Waals surface area contributed by atoms with E-state index in [0.717, 1.165) is 5.57 Å². The van der Waals surface area contributed by atoms with Gasteiger partial charge in [0.15, 0.2) is 5.76 Å². The Morgan fingerprint density at radius 1 is 1.43 bits per heavy atom. The van der Waals surface area contributed by atoms with Crippen molar-refractivity contribution in [2.24, 2.45) is 5.92 Å². The number of hydrogen-bond donors (Lipinski definition) is 1. The number of hydrogen-bond acceptors (Lipinski definition) is 3. The van der Waals surface area contributed by atoms with Crippen LogP contribution in [0.25, 0.3) is 0 Å². The first-order valence-corrected chi connectivity index (χ1v) is 7.14. The van der Waals surface area contributed by atoms with Gasteiger partial charge >= 0.3 is 0 Å². The molecule has 5 heteroatoms. The van der Waals surface area contributed by atoms with Crippen LogP contribution in [0.2, 0.25) is 0 Å². The fourth-order valence-electron chi connectivity index (χ4n) is 2.00. The maximum Gasteiger partial charge on any atom is 0.287 e. The third-order valence-electron chi connectivity index (χ3n) is 3.12. The molecule has 0 aliphatic carbocycles. The molecule has 1 atom stereocenters. The summed E-state index contributed by atoms with van der Waals surface area (Å²) >= 11 is 0. The van der Waals surface area contributed by atoms with Crippen LogP contribution in [-0.4, -0.2) is 35.8 Å². The minimum atomic E-state index is -0.582. The van der Waals surface area contributed by atoms with Gasteiger partial charge in [-0.1, -0.05) is 26.0 Å². The van der Waals surface area contributed by atoms with Crippen molar-refractivity contribution in [3.63, 3.8) is 0 Å². The van der Waals surface area contributed by atoms with E-state index in [1.165, 1.54) is 6.26 Å². The molecule has 2 amide bonds. The molecule has 1 heterocycles. The average molecular weight is 292 g/mol. The Hall–Kier alpha value is -2.04. The number of carbonyl (C=O) groups excluding carboxylic acids is 2. The van der Waals surface area contributed by atoms with E-state index >= 15 is 0 Å². The predicted molar refractivity (Wildman–Crippen MR) is 81.9 cm³/mol. The molecule has 116 valence electrons. The first-order valence-electron chi connectivity index (χ1n) is 7.14. The quantitative estimate of drug-likeness (QED) is 0.785. The van der Waals surface area contributed by atoms with Crippen LogP contribution in [0, 0.1) is 5.92 Å². The lowest BCUT2D eigenvalue weighted by Crippen LogP contribution is -2.51. The maximum atomic E-state index is 12.6. The molecular weight excluding hydrogens is 268 g/mol. The van der Waals surface area contributed by atoms with Gasteiger partial charge in [0.25, 0.3) is 5.91 Å². The predicted octanol–water partition coefficient (Wildman–Crippen LogP) is 2.46. The molecule has 1 rings (SSSR count).